The van der Waals surface area contributed by atoms with Gasteiger partial charge in [0.05, 0.1) is 0 Å². The van der Waals surface area contributed by atoms with Gasteiger partial charge in [0.1, 0.15) is 0 Å². The molecule has 0 fully saturated rings. The van der Waals surface area contributed by atoms with Crippen molar-refractivity contribution in [1.29, 1.82) is 0 Å². The lowest BCUT2D eigenvalue weighted by Crippen LogP contribution is -2.55. The summed E-state index contributed by atoms with van der Waals surface area (Å²) in [5.41, 5.74) is -3.17. The molecule has 0 unspecified atom stereocenters. The molecule has 1 aromatic carbocycles. The van der Waals surface area contributed by atoms with E-state index in [2.05, 4.69) is 0 Å². The van der Waals surface area contributed by atoms with Crippen molar-refractivity contribution in [3.05, 3.63) is 29.3 Å². The molecule has 0 saturated carbocycles. The first-order valence-corrected chi connectivity index (χ1v) is 5.83. The maximum absolute atomic E-state index is 12.7. The third-order valence-corrected chi connectivity index (χ3v) is 3.35. The second-order valence-corrected chi connectivity index (χ2v) is 4.87. The van der Waals surface area contributed by atoms with Crippen LogP contribution >= 0.6 is 0 Å². The number of alkyl halides is 6. The molecular formula is C13H13F6NO. The normalized spacial score (nSPS) is 13.2. The maximum atomic E-state index is 12.7. The lowest BCUT2D eigenvalue weighted by atomic mass is 9.87. The molecule has 1 aromatic rings. The number of nitrogens with one attached hydrogen (secondary N) is 1. The Hall–Kier alpha value is -1.73. The van der Waals surface area contributed by atoms with Crippen LogP contribution in [0.5, 0.6) is 0 Å². The van der Waals surface area contributed by atoms with Gasteiger partial charge in [0.25, 0.3) is 0 Å². The van der Waals surface area contributed by atoms with Crippen molar-refractivity contribution in [2.45, 2.75) is 33.1 Å². The van der Waals surface area contributed by atoms with Crippen LogP contribution in [0, 0.1) is 19.3 Å². The van der Waals surface area contributed by atoms with Crippen LogP contribution in [0.25, 0.3) is 0 Å². The van der Waals surface area contributed by atoms with E-state index in [1.165, 1.54) is 18.2 Å². The highest BCUT2D eigenvalue weighted by Gasteiger charge is 2.72. The van der Waals surface area contributed by atoms with Crippen molar-refractivity contribution in [1.82, 2.24) is 0 Å². The number of carbonyl (C=O) groups excluding carboxylic acids is 1. The topological polar surface area (TPSA) is 29.1 Å². The van der Waals surface area contributed by atoms with Crippen LogP contribution < -0.4 is 5.32 Å². The first kappa shape index (κ1) is 17.3. The van der Waals surface area contributed by atoms with E-state index in [1.54, 1.807) is 19.2 Å². The van der Waals surface area contributed by atoms with Crippen molar-refractivity contribution in [3.63, 3.8) is 0 Å². The number of halogens is 6. The minimum absolute atomic E-state index is 0.122. The third kappa shape index (κ3) is 3.14. The summed E-state index contributed by atoms with van der Waals surface area (Å²) in [4.78, 5) is 11.6. The van der Waals surface area contributed by atoms with E-state index in [4.69, 9.17) is 0 Å². The number of aryl methyl sites for hydroxylation is 2. The zero-order valence-corrected chi connectivity index (χ0v) is 11.4. The monoisotopic (exact) mass is 313 g/mol. The van der Waals surface area contributed by atoms with Crippen LogP contribution in [0.2, 0.25) is 0 Å². The zero-order chi connectivity index (χ0) is 16.6. The van der Waals surface area contributed by atoms with E-state index in [9.17, 15) is 31.1 Å². The van der Waals surface area contributed by atoms with Crippen molar-refractivity contribution in [3.8, 4) is 0 Å². The van der Waals surface area contributed by atoms with Crippen LogP contribution in [0.3, 0.4) is 0 Å². The Kier molecular flexibility index (Phi) is 4.32. The van der Waals surface area contributed by atoms with Crippen LogP contribution in [0.15, 0.2) is 18.2 Å². The first-order valence-electron chi connectivity index (χ1n) is 5.83. The Labute approximate surface area is 117 Å². The van der Waals surface area contributed by atoms with Crippen LogP contribution in [-0.2, 0) is 4.79 Å². The van der Waals surface area contributed by atoms with Crippen LogP contribution in [-0.4, -0.2) is 18.3 Å². The summed E-state index contributed by atoms with van der Waals surface area (Å²) in [6.45, 7) is 3.16. The third-order valence-electron chi connectivity index (χ3n) is 3.35. The molecule has 1 N–H and O–H groups in total. The average molecular weight is 313 g/mol. The molecule has 0 aromatic heterocycles. The Morgan fingerprint density at radius 2 is 1.43 bits per heavy atom. The molecule has 0 aliphatic carbocycles. The summed E-state index contributed by atoms with van der Waals surface area (Å²) in [6, 6.07) is 4.04. The number of benzene rings is 1. The predicted molar refractivity (Wildman–Crippen MR) is 64.8 cm³/mol. The van der Waals surface area contributed by atoms with Gasteiger partial charge >= 0.3 is 12.4 Å². The largest absolute Gasteiger partial charge is 0.411 e. The van der Waals surface area contributed by atoms with Gasteiger partial charge in [-0.1, -0.05) is 6.07 Å². The SMILES string of the molecule is Cc1ccc(NC(=O)C(C)(C(F)(F)F)C(F)(F)F)cc1C. The smallest absolute Gasteiger partial charge is 0.325 e. The summed E-state index contributed by atoms with van der Waals surface area (Å²) < 4.78 is 76.3. The molecule has 21 heavy (non-hydrogen) atoms. The second-order valence-electron chi connectivity index (χ2n) is 4.87. The molecule has 0 heterocycles. The predicted octanol–water partition coefficient (Wildman–Crippen LogP) is 4.37. The van der Waals surface area contributed by atoms with Gasteiger partial charge in [0.15, 0.2) is 0 Å². The number of rotatable bonds is 2. The van der Waals surface area contributed by atoms with Gasteiger partial charge in [-0.3, -0.25) is 4.79 Å². The van der Waals surface area contributed by atoms with Gasteiger partial charge in [-0.25, -0.2) is 0 Å². The fourth-order valence-corrected chi connectivity index (χ4v) is 1.49. The van der Waals surface area contributed by atoms with E-state index in [1.807, 2.05) is 0 Å². The van der Waals surface area contributed by atoms with Crippen molar-refractivity contribution >= 4 is 11.6 Å². The molecule has 0 bridgehead atoms. The van der Waals surface area contributed by atoms with E-state index in [0.717, 1.165) is 5.56 Å². The summed E-state index contributed by atoms with van der Waals surface area (Å²) in [5, 5.41) is 1.68. The lowest BCUT2D eigenvalue weighted by molar-refractivity contribution is -0.317. The maximum Gasteiger partial charge on any atom is 0.411 e. The van der Waals surface area contributed by atoms with Gasteiger partial charge in [0.2, 0.25) is 11.3 Å². The molecule has 0 aliphatic rings. The Bertz CT molecular complexity index is 533. The molecule has 0 atom stereocenters. The molecule has 0 saturated heterocycles. The highest BCUT2D eigenvalue weighted by Crippen LogP contribution is 2.50. The van der Waals surface area contributed by atoms with Crippen molar-refractivity contribution in [2.24, 2.45) is 5.41 Å². The van der Waals surface area contributed by atoms with Gasteiger partial charge in [-0.15, -0.1) is 0 Å². The highest BCUT2D eigenvalue weighted by atomic mass is 19.4. The van der Waals surface area contributed by atoms with E-state index >= 15 is 0 Å². The first-order chi connectivity index (χ1) is 9.30. The number of hydrogen-bond donors (Lipinski definition) is 1. The minimum Gasteiger partial charge on any atom is -0.325 e. The standard InChI is InChI=1S/C13H13F6NO/c1-7-4-5-9(6-8(7)2)20-10(21)11(3,12(14,15)16)13(17,18)19/h4-6H,1-3H3,(H,20,21). The molecule has 0 aliphatic heterocycles. The Morgan fingerprint density at radius 3 is 1.81 bits per heavy atom. The summed E-state index contributed by atoms with van der Waals surface area (Å²) in [5.74, 6) is -2.16. The van der Waals surface area contributed by atoms with E-state index in [0.29, 0.717) is 5.56 Å². The Morgan fingerprint density at radius 1 is 0.952 bits per heavy atom. The van der Waals surface area contributed by atoms with Crippen LogP contribution in [0.1, 0.15) is 18.1 Å². The number of carbonyl (C=O) groups is 1. The van der Waals surface area contributed by atoms with Gasteiger partial charge in [-0.05, 0) is 44.0 Å². The van der Waals surface area contributed by atoms with Crippen molar-refractivity contribution < 1.29 is 31.1 Å². The van der Waals surface area contributed by atoms with Gasteiger partial charge in [-0.2, -0.15) is 26.3 Å². The van der Waals surface area contributed by atoms with E-state index < -0.39 is 23.7 Å². The fourth-order valence-electron chi connectivity index (χ4n) is 1.49. The van der Waals surface area contributed by atoms with Gasteiger partial charge in [0, 0.05) is 5.69 Å². The Balaban J connectivity index is 3.17. The summed E-state index contributed by atoms with van der Waals surface area (Å²) in [6.07, 6.45) is -11.5. The average Bonchev–Trinajstić information content (AvgIpc) is 2.29. The lowest BCUT2D eigenvalue weighted by Gasteiger charge is -2.32. The molecule has 1 rings (SSSR count). The molecule has 8 heteroatoms. The van der Waals surface area contributed by atoms with Crippen LogP contribution in [0.4, 0.5) is 32.0 Å². The second kappa shape index (κ2) is 5.23. The molecule has 1 amide bonds. The highest BCUT2D eigenvalue weighted by molar-refractivity contribution is 5.96. The minimum atomic E-state index is -5.75. The van der Waals surface area contributed by atoms with E-state index in [-0.39, 0.29) is 12.6 Å². The molecule has 0 radical (unpaired) electrons. The molecule has 0 spiro atoms. The summed E-state index contributed by atoms with van der Waals surface area (Å²) in [7, 11) is 0. The molecule has 2 nitrogen and oxygen atoms in total. The number of hydrogen-bond acceptors (Lipinski definition) is 1. The summed E-state index contributed by atoms with van der Waals surface area (Å²) >= 11 is 0. The zero-order valence-electron chi connectivity index (χ0n) is 11.4. The van der Waals surface area contributed by atoms with Crippen molar-refractivity contribution in [2.75, 3.05) is 5.32 Å². The molecule has 118 valence electrons. The fraction of sp³-hybridized carbons (Fsp3) is 0.462. The number of amides is 1. The number of anilines is 1. The quantitative estimate of drug-likeness (QED) is 0.807. The van der Waals surface area contributed by atoms with Gasteiger partial charge < -0.3 is 5.32 Å². The molecular weight excluding hydrogens is 300 g/mol.